The number of hydrogen-bond acceptors (Lipinski definition) is 2. The fraction of sp³-hybridized carbons (Fsp3) is 0.235. The van der Waals surface area contributed by atoms with E-state index in [9.17, 15) is 18.0 Å². The van der Waals surface area contributed by atoms with Crippen molar-refractivity contribution in [2.45, 2.75) is 12.7 Å². The average molecular weight is 357 g/mol. The molecule has 0 unspecified atom stereocenters. The average Bonchev–Trinajstić information content (AvgIpc) is 2.46. The Morgan fingerprint density at radius 1 is 1.17 bits per heavy atom. The molecule has 0 aliphatic heterocycles. The first-order chi connectivity index (χ1) is 11.3. The third kappa shape index (κ3) is 5.25. The van der Waals surface area contributed by atoms with Gasteiger partial charge in [-0.25, -0.2) is 0 Å². The third-order valence-electron chi connectivity index (χ3n) is 3.26. The summed E-state index contributed by atoms with van der Waals surface area (Å²) in [5, 5.41) is 2.91. The molecule has 0 aromatic heterocycles. The van der Waals surface area contributed by atoms with Crippen molar-refractivity contribution < 1.29 is 18.0 Å². The maximum absolute atomic E-state index is 12.9. The molecule has 2 aromatic rings. The molecule has 24 heavy (non-hydrogen) atoms. The summed E-state index contributed by atoms with van der Waals surface area (Å²) in [6, 6.07) is 12.1. The summed E-state index contributed by atoms with van der Waals surface area (Å²) in [5.74, 6) is -0.517. The monoisotopic (exact) mass is 356 g/mol. The van der Waals surface area contributed by atoms with Gasteiger partial charge in [0.1, 0.15) is 0 Å². The standard InChI is InChI=1S/C17H16ClF3N2O/c1-23(10-12-5-4-6-13(18)9-12)11-16(24)22-15-8-3-2-7-14(15)17(19,20)21/h2-9H,10-11H2,1H3,(H,22,24). The van der Waals surface area contributed by atoms with Crippen LogP contribution in [0.5, 0.6) is 0 Å². The van der Waals surface area contributed by atoms with Gasteiger partial charge in [0.25, 0.3) is 0 Å². The molecule has 0 aliphatic rings. The molecule has 0 bridgehead atoms. The SMILES string of the molecule is CN(CC(=O)Nc1ccccc1C(F)(F)F)Cc1cccc(Cl)c1. The predicted octanol–water partition coefficient (Wildman–Crippen LogP) is 4.43. The van der Waals surface area contributed by atoms with E-state index in [2.05, 4.69) is 5.32 Å². The molecule has 128 valence electrons. The van der Waals surface area contributed by atoms with Crippen molar-refractivity contribution in [3.63, 3.8) is 0 Å². The largest absolute Gasteiger partial charge is 0.418 e. The third-order valence-corrected chi connectivity index (χ3v) is 3.50. The zero-order chi connectivity index (χ0) is 17.7. The Kier molecular flexibility index (Phi) is 5.85. The second-order valence-corrected chi connectivity index (χ2v) is 5.83. The molecule has 2 rings (SSSR count). The van der Waals surface area contributed by atoms with Gasteiger partial charge >= 0.3 is 6.18 Å². The van der Waals surface area contributed by atoms with E-state index in [1.165, 1.54) is 18.2 Å². The van der Waals surface area contributed by atoms with E-state index < -0.39 is 17.6 Å². The number of anilines is 1. The number of hydrogen-bond donors (Lipinski definition) is 1. The van der Waals surface area contributed by atoms with Crippen LogP contribution < -0.4 is 5.32 Å². The highest BCUT2D eigenvalue weighted by Gasteiger charge is 2.33. The number of halogens is 4. The lowest BCUT2D eigenvalue weighted by molar-refractivity contribution is -0.137. The Bertz CT molecular complexity index is 719. The van der Waals surface area contributed by atoms with Crippen molar-refractivity contribution >= 4 is 23.2 Å². The molecule has 0 saturated heterocycles. The van der Waals surface area contributed by atoms with Crippen LogP contribution >= 0.6 is 11.6 Å². The van der Waals surface area contributed by atoms with Gasteiger partial charge in [-0.1, -0.05) is 35.9 Å². The van der Waals surface area contributed by atoms with E-state index in [0.717, 1.165) is 11.6 Å². The summed E-state index contributed by atoms with van der Waals surface area (Å²) in [6.45, 7) is 0.410. The Labute approximate surface area is 143 Å². The van der Waals surface area contributed by atoms with Crippen LogP contribution in [0.15, 0.2) is 48.5 Å². The van der Waals surface area contributed by atoms with Gasteiger partial charge in [-0.3, -0.25) is 9.69 Å². The number of benzene rings is 2. The van der Waals surface area contributed by atoms with Crippen molar-refractivity contribution in [2.75, 3.05) is 18.9 Å². The molecular weight excluding hydrogens is 341 g/mol. The Balaban J connectivity index is 1.98. The number of rotatable bonds is 5. The van der Waals surface area contributed by atoms with Crippen molar-refractivity contribution in [3.05, 3.63) is 64.7 Å². The summed E-state index contributed by atoms with van der Waals surface area (Å²) < 4.78 is 38.7. The fourth-order valence-corrected chi connectivity index (χ4v) is 2.49. The van der Waals surface area contributed by atoms with Crippen LogP contribution in [0.25, 0.3) is 0 Å². The molecule has 0 saturated carbocycles. The fourth-order valence-electron chi connectivity index (χ4n) is 2.28. The molecular formula is C17H16ClF3N2O. The molecule has 3 nitrogen and oxygen atoms in total. The second kappa shape index (κ2) is 7.68. The highest BCUT2D eigenvalue weighted by Crippen LogP contribution is 2.34. The molecule has 1 N–H and O–H groups in total. The zero-order valence-electron chi connectivity index (χ0n) is 12.9. The summed E-state index contributed by atoms with van der Waals surface area (Å²) in [5.41, 5.74) is -0.199. The van der Waals surface area contributed by atoms with Gasteiger partial charge in [-0.2, -0.15) is 13.2 Å². The summed E-state index contributed by atoms with van der Waals surface area (Å²) >= 11 is 5.90. The van der Waals surface area contributed by atoms with Crippen molar-refractivity contribution in [1.29, 1.82) is 0 Å². The first-order valence-corrected chi connectivity index (χ1v) is 7.52. The molecule has 0 aliphatic carbocycles. The molecule has 7 heteroatoms. The summed E-state index contributed by atoms with van der Waals surface area (Å²) in [4.78, 5) is 13.7. The molecule has 0 heterocycles. The van der Waals surface area contributed by atoms with E-state index in [1.54, 1.807) is 30.1 Å². The normalized spacial score (nSPS) is 11.6. The highest BCUT2D eigenvalue weighted by atomic mass is 35.5. The van der Waals surface area contributed by atoms with E-state index in [0.29, 0.717) is 11.6 Å². The number of para-hydroxylation sites is 1. The van der Waals surface area contributed by atoms with Gasteiger partial charge in [-0.15, -0.1) is 0 Å². The topological polar surface area (TPSA) is 32.3 Å². The van der Waals surface area contributed by atoms with Crippen LogP contribution in [-0.2, 0) is 17.5 Å². The van der Waals surface area contributed by atoms with Gasteiger partial charge in [0, 0.05) is 11.6 Å². The van der Waals surface area contributed by atoms with E-state index in [4.69, 9.17) is 11.6 Å². The number of nitrogens with zero attached hydrogens (tertiary/aromatic N) is 1. The minimum atomic E-state index is -4.52. The van der Waals surface area contributed by atoms with Crippen LogP contribution in [0, 0.1) is 0 Å². The Morgan fingerprint density at radius 2 is 1.88 bits per heavy atom. The van der Waals surface area contributed by atoms with Crippen LogP contribution in [0.2, 0.25) is 5.02 Å². The number of carbonyl (C=O) groups is 1. The van der Waals surface area contributed by atoms with Crippen LogP contribution in [0.4, 0.5) is 18.9 Å². The van der Waals surface area contributed by atoms with Crippen LogP contribution in [-0.4, -0.2) is 24.4 Å². The van der Waals surface area contributed by atoms with Crippen molar-refractivity contribution in [2.24, 2.45) is 0 Å². The number of likely N-dealkylation sites (N-methyl/N-ethyl adjacent to an activating group) is 1. The van der Waals surface area contributed by atoms with Crippen LogP contribution in [0.3, 0.4) is 0 Å². The molecule has 0 atom stereocenters. The minimum absolute atomic E-state index is 0.0430. The van der Waals surface area contributed by atoms with Gasteiger partial charge in [0.15, 0.2) is 0 Å². The van der Waals surface area contributed by atoms with Gasteiger partial charge in [0.05, 0.1) is 17.8 Å². The van der Waals surface area contributed by atoms with E-state index in [1.807, 2.05) is 6.07 Å². The van der Waals surface area contributed by atoms with Crippen LogP contribution in [0.1, 0.15) is 11.1 Å². The molecule has 0 radical (unpaired) electrons. The molecule has 0 fully saturated rings. The Hall–Kier alpha value is -2.05. The zero-order valence-corrected chi connectivity index (χ0v) is 13.7. The second-order valence-electron chi connectivity index (χ2n) is 5.39. The molecule has 2 aromatic carbocycles. The Morgan fingerprint density at radius 3 is 2.54 bits per heavy atom. The first kappa shape index (κ1) is 18.3. The lowest BCUT2D eigenvalue weighted by atomic mass is 10.1. The predicted molar refractivity (Wildman–Crippen MR) is 87.9 cm³/mol. The van der Waals surface area contributed by atoms with Gasteiger partial charge in [0.2, 0.25) is 5.91 Å². The molecule has 0 spiro atoms. The number of carbonyl (C=O) groups excluding carboxylic acids is 1. The van der Waals surface area contributed by atoms with E-state index >= 15 is 0 Å². The summed E-state index contributed by atoms with van der Waals surface area (Å²) in [6.07, 6.45) is -4.52. The van der Waals surface area contributed by atoms with Crippen molar-refractivity contribution in [3.8, 4) is 0 Å². The van der Waals surface area contributed by atoms with Crippen molar-refractivity contribution in [1.82, 2.24) is 4.90 Å². The minimum Gasteiger partial charge on any atom is -0.324 e. The quantitative estimate of drug-likeness (QED) is 0.859. The number of nitrogens with one attached hydrogen (secondary N) is 1. The maximum atomic E-state index is 12.9. The number of alkyl halides is 3. The first-order valence-electron chi connectivity index (χ1n) is 7.15. The lowest BCUT2D eigenvalue weighted by Gasteiger charge is -2.18. The van der Waals surface area contributed by atoms with E-state index in [-0.39, 0.29) is 12.2 Å². The highest BCUT2D eigenvalue weighted by molar-refractivity contribution is 6.30. The van der Waals surface area contributed by atoms with Gasteiger partial charge in [-0.05, 0) is 36.9 Å². The molecule has 1 amide bonds. The lowest BCUT2D eigenvalue weighted by Crippen LogP contribution is -2.30. The summed E-state index contributed by atoms with van der Waals surface area (Å²) in [7, 11) is 1.70. The van der Waals surface area contributed by atoms with Gasteiger partial charge < -0.3 is 5.32 Å². The number of amides is 1. The maximum Gasteiger partial charge on any atom is 0.418 e. The smallest absolute Gasteiger partial charge is 0.324 e.